The molecule has 104 valence electrons. The van der Waals surface area contributed by atoms with Gasteiger partial charge < -0.3 is 9.64 Å². The van der Waals surface area contributed by atoms with Crippen molar-refractivity contribution in [1.82, 2.24) is 14.9 Å². The maximum Gasteiger partial charge on any atom is 0.235 e. The number of ether oxygens (including phenoxy) is 1. The number of piperidine rings is 3. The predicted octanol–water partition coefficient (Wildman–Crippen LogP) is 2.46. The second-order valence-electron chi connectivity index (χ2n) is 5.69. The maximum absolute atomic E-state index is 5.85. The van der Waals surface area contributed by atoms with E-state index in [0.717, 1.165) is 43.5 Å². The monoisotopic (exact) mass is 261 g/mol. The zero-order valence-electron chi connectivity index (χ0n) is 11.7. The molecule has 1 aromatic rings. The van der Waals surface area contributed by atoms with Crippen LogP contribution in [0.3, 0.4) is 0 Å². The maximum atomic E-state index is 5.85. The molecule has 1 unspecified atom stereocenters. The van der Waals surface area contributed by atoms with Gasteiger partial charge in [-0.25, -0.2) is 4.98 Å². The molecule has 4 heterocycles. The highest BCUT2D eigenvalue weighted by atomic mass is 16.5. The third kappa shape index (κ3) is 2.73. The van der Waals surface area contributed by atoms with Gasteiger partial charge in [-0.3, -0.25) is 4.98 Å². The molecule has 3 fully saturated rings. The van der Waals surface area contributed by atoms with E-state index in [1.54, 1.807) is 12.4 Å². The molecule has 0 spiro atoms. The topological polar surface area (TPSA) is 38.3 Å². The van der Waals surface area contributed by atoms with Gasteiger partial charge in [-0.1, -0.05) is 13.3 Å². The van der Waals surface area contributed by atoms with Crippen LogP contribution < -0.4 is 4.74 Å². The average molecular weight is 261 g/mol. The standard InChI is InChI=1S/C15H23N3O/c1-2-3-10-19-15-14(16-6-7-17-15)13-11-18-8-4-12(13)5-9-18/h6-7,12-13H,2-5,8-11H2,1H3. The Labute approximate surface area is 115 Å². The Bertz CT molecular complexity index is 416. The number of rotatable bonds is 5. The van der Waals surface area contributed by atoms with Crippen LogP contribution in [0.4, 0.5) is 0 Å². The highest BCUT2D eigenvalue weighted by molar-refractivity contribution is 5.24. The summed E-state index contributed by atoms with van der Waals surface area (Å²) in [6.45, 7) is 6.58. The smallest absolute Gasteiger partial charge is 0.235 e. The first-order valence-corrected chi connectivity index (χ1v) is 7.54. The van der Waals surface area contributed by atoms with Crippen LogP contribution in [0, 0.1) is 5.92 Å². The van der Waals surface area contributed by atoms with Crippen molar-refractivity contribution in [3.63, 3.8) is 0 Å². The van der Waals surface area contributed by atoms with E-state index in [4.69, 9.17) is 4.74 Å². The lowest BCUT2D eigenvalue weighted by Crippen LogP contribution is -2.46. The Balaban J connectivity index is 1.76. The molecule has 0 saturated carbocycles. The van der Waals surface area contributed by atoms with Crippen molar-refractivity contribution in [3.8, 4) is 5.88 Å². The fourth-order valence-corrected chi connectivity index (χ4v) is 3.29. The van der Waals surface area contributed by atoms with Gasteiger partial charge in [0.25, 0.3) is 0 Å². The summed E-state index contributed by atoms with van der Waals surface area (Å²) in [5.41, 5.74) is 1.09. The minimum Gasteiger partial charge on any atom is -0.476 e. The minimum absolute atomic E-state index is 0.521. The number of unbranched alkanes of at least 4 members (excludes halogenated alkanes) is 1. The Morgan fingerprint density at radius 2 is 2.05 bits per heavy atom. The molecular weight excluding hydrogens is 238 g/mol. The van der Waals surface area contributed by atoms with Gasteiger partial charge in [-0.15, -0.1) is 0 Å². The third-order valence-electron chi connectivity index (χ3n) is 4.44. The van der Waals surface area contributed by atoms with Crippen LogP contribution >= 0.6 is 0 Å². The quantitative estimate of drug-likeness (QED) is 0.763. The lowest BCUT2D eigenvalue weighted by atomic mass is 9.77. The molecule has 0 amide bonds. The van der Waals surface area contributed by atoms with E-state index in [2.05, 4.69) is 21.8 Å². The average Bonchev–Trinajstić information content (AvgIpc) is 2.49. The molecule has 1 atom stereocenters. The van der Waals surface area contributed by atoms with Crippen LogP contribution in [-0.2, 0) is 0 Å². The van der Waals surface area contributed by atoms with Gasteiger partial charge in [0.05, 0.1) is 6.61 Å². The molecule has 4 nitrogen and oxygen atoms in total. The first kappa shape index (κ1) is 12.9. The Morgan fingerprint density at radius 3 is 2.74 bits per heavy atom. The number of hydrogen-bond donors (Lipinski definition) is 0. The fraction of sp³-hybridized carbons (Fsp3) is 0.733. The van der Waals surface area contributed by atoms with Crippen LogP contribution in [-0.4, -0.2) is 41.1 Å². The SMILES string of the molecule is CCCCOc1nccnc1C1CN2CCC1CC2. The second kappa shape index (κ2) is 5.87. The number of nitrogens with zero attached hydrogens (tertiary/aromatic N) is 3. The van der Waals surface area contributed by atoms with Crippen LogP contribution in [0.5, 0.6) is 5.88 Å². The first-order chi connectivity index (χ1) is 9.38. The summed E-state index contributed by atoms with van der Waals surface area (Å²) in [6.07, 6.45) is 8.38. The van der Waals surface area contributed by atoms with Crippen LogP contribution in [0.15, 0.2) is 12.4 Å². The van der Waals surface area contributed by atoms with Crippen molar-refractivity contribution in [2.75, 3.05) is 26.2 Å². The van der Waals surface area contributed by atoms with Crippen molar-refractivity contribution >= 4 is 0 Å². The van der Waals surface area contributed by atoms with Gasteiger partial charge in [0.15, 0.2) is 0 Å². The molecule has 19 heavy (non-hydrogen) atoms. The predicted molar refractivity (Wildman–Crippen MR) is 74.3 cm³/mol. The van der Waals surface area contributed by atoms with E-state index in [1.807, 2.05) is 0 Å². The summed E-state index contributed by atoms with van der Waals surface area (Å²) in [5, 5.41) is 0. The van der Waals surface area contributed by atoms with Crippen LogP contribution in [0.25, 0.3) is 0 Å². The van der Waals surface area contributed by atoms with E-state index >= 15 is 0 Å². The molecule has 0 aliphatic carbocycles. The van der Waals surface area contributed by atoms with Gasteiger partial charge in [-0.2, -0.15) is 0 Å². The number of fused-ring (bicyclic) bond motifs is 3. The summed E-state index contributed by atoms with van der Waals surface area (Å²) in [5.74, 6) is 2.07. The molecule has 3 aliphatic heterocycles. The zero-order valence-corrected chi connectivity index (χ0v) is 11.7. The molecule has 1 aromatic heterocycles. The summed E-state index contributed by atoms with van der Waals surface area (Å²) in [7, 11) is 0. The normalized spacial score (nSPS) is 29.4. The third-order valence-corrected chi connectivity index (χ3v) is 4.44. The number of aromatic nitrogens is 2. The molecule has 3 saturated heterocycles. The second-order valence-corrected chi connectivity index (χ2v) is 5.69. The summed E-state index contributed by atoms with van der Waals surface area (Å²) >= 11 is 0. The zero-order chi connectivity index (χ0) is 13.1. The number of hydrogen-bond acceptors (Lipinski definition) is 4. The van der Waals surface area contributed by atoms with E-state index in [0.29, 0.717) is 5.92 Å². The summed E-state index contributed by atoms with van der Waals surface area (Å²) < 4.78 is 5.85. The van der Waals surface area contributed by atoms with E-state index in [1.165, 1.54) is 25.9 Å². The van der Waals surface area contributed by atoms with E-state index in [9.17, 15) is 0 Å². The molecule has 0 N–H and O–H groups in total. The lowest BCUT2D eigenvalue weighted by Gasteiger charge is -2.44. The highest BCUT2D eigenvalue weighted by Gasteiger charge is 2.37. The van der Waals surface area contributed by atoms with E-state index < -0.39 is 0 Å². The molecule has 4 heteroatoms. The Hall–Kier alpha value is -1.16. The Kier molecular flexibility index (Phi) is 3.97. The van der Waals surface area contributed by atoms with Gasteiger partial charge in [0.1, 0.15) is 5.69 Å². The first-order valence-electron chi connectivity index (χ1n) is 7.54. The van der Waals surface area contributed by atoms with Crippen molar-refractivity contribution in [1.29, 1.82) is 0 Å². The lowest BCUT2D eigenvalue weighted by molar-refractivity contribution is 0.0834. The van der Waals surface area contributed by atoms with Crippen molar-refractivity contribution < 1.29 is 4.74 Å². The largest absolute Gasteiger partial charge is 0.476 e. The van der Waals surface area contributed by atoms with Crippen LogP contribution in [0.2, 0.25) is 0 Å². The van der Waals surface area contributed by atoms with Gasteiger partial charge in [-0.05, 0) is 38.3 Å². The van der Waals surface area contributed by atoms with Crippen molar-refractivity contribution in [2.45, 2.75) is 38.5 Å². The molecule has 4 rings (SSSR count). The molecule has 0 aromatic carbocycles. The van der Waals surface area contributed by atoms with Crippen molar-refractivity contribution in [3.05, 3.63) is 18.1 Å². The molecule has 0 radical (unpaired) electrons. The fourth-order valence-electron chi connectivity index (χ4n) is 3.29. The highest BCUT2D eigenvalue weighted by Crippen LogP contribution is 2.40. The summed E-state index contributed by atoms with van der Waals surface area (Å²) in [6, 6.07) is 0. The van der Waals surface area contributed by atoms with Crippen molar-refractivity contribution in [2.24, 2.45) is 5.92 Å². The van der Waals surface area contributed by atoms with Gasteiger partial charge in [0, 0.05) is 24.9 Å². The van der Waals surface area contributed by atoms with Gasteiger partial charge >= 0.3 is 0 Å². The van der Waals surface area contributed by atoms with Gasteiger partial charge in [0.2, 0.25) is 5.88 Å². The summed E-state index contributed by atoms with van der Waals surface area (Å²) in [4.78, 5) is 11.5. The Morgan fingerprint density at radius 1 is 1.26 bits per heavy atom. The van der Waals surface area contributed by atoms with Crippen LogP contribution in [0.1, 0.15) is 44.2 Å². The molecular formula is C15H23N3O. The molecule has 2 bridgehead atoms. The molecule has 3 aliphatic rings. The minimum atomic E-state index is 0.521. The van der Waals surface area contributed by atoms with E-state index in [-0.39, 0.29) is 0 Å².